The topological polar surface area (TPSA) is 132 Å². The van der Waals surface area contributed by atoms with Gasteiger partial charge in [0, 0.05) is 11.8 Å². The summed E-state index contributed by atoms with van der Waals surface area (Å²) in [6.07, 6.45) is 1.87. The molecule has 1 rings (SSSR count). The largest absolute Gasteiger partial charge is 0.480 e. The molecule has 4 N–H and O–H groups in total. The van der Waals surface area contributed by atoms with E-state index in [2.05, 4.69) is 10.3 Å². The third-order valence-corrected chi connectivity index (χ3v) is 3.06. The van der Waals surface area contributed by atoms with Gasteiger partial charge in [-0.15, -0.1) is 0 Å². The lowest BCUT2D eigenvalue weighted by atomic mass is 10.2. The van der Waals surface area contributed by atoms with E-state index in [0.29, 0.717) is 12.2 Å². The summed E-state index contributed by atoms with van der Waals surface area (Å²) in [7, 11) is 0. The third-order valence-electron chi connectivity index (χ3n) is 2.41. The van der Waals surface area contributed by atoms with Gasteiger partial charge in [-0.1, -0.05) is 0 Å². The Morgan fingerprint density at radius 1 is 1.40 bits per heavy atom. The minimum Gasteiger partial charge on any atom is -0.480 e. The predicted octanol–water partition coefficient (Wildman–Crippen LogP) is -1.07. The van der Waals surface area contributed by atoms with Crippen LogP contribution in [0.15, 0.2) is 15.7 Å². The number of aliphatic carboxylic acids is 1. The fraction of sp³-hybridized carbons (Fsp3) is 0.455. The second-order valence-electron chi connectivity index (χ2n) is 4.03. The Kier molecular flexibility index (Phi) is 6.04. The first-order valence-corrected chi connectivity index (χ1v) is 7.15. The number of carbonyl (C=O) groups excluding carboxylic acids is 1. The number of nitrogens with one attached hydrogen (secondary N) is 3. The van der Waals surface area contributed by atoms with Crippen LogP contribution >= 0.6 is 11.8 Å². The van der Waals surface area contributed by atoms with Crippen LogP contribution in [-0.2, 0) is 16.0 Å². The Morgan fingerprint density at radius 2 is 2.10 bits per heavy atom. The molecule has 110 valence electrons. The summed E-state index contributed by atoms with van der Waals surface area (Å²) in [6.45, 7) is 0. The molecule has 0 saturated heterocycles. The Morgan fingerprint density at radius 3 is 2.65 bits per heavy atom. The van der Waals surface area contributed by atoms with Gasteiger partial charge in [-0.05, 0) is 18.4 Å². The van der Waals surface area contributed by atoms with Gasteiger partial charge in [-0.25, -0.2) is 9.59 Å². The quantitative estimate of drug-likeness (QED) is 0.507. The summed E-state index contributed by atoms with van der Waals surface area (Å²) in [4.78, 5) is 49.0. The molecule has 0 saturated carbocycles. The first-order valence-electron chi connectivity index (χ1n) is 5.76. The molecule has 0 bridgehead atoms. The van der Waals surface area contributed by atoms with Crippen LogP contribution in [0.2, 0.25) is 0 Å². The number of carbonyl (C=O) groups is 2. The molecule has 1 aromatic heterocycles. The van der Waals surface area contributed by atoms with Crippen molar-refractivity contribution in [3.05, 3.63) is 32.6 Å². The molecule has 1 atom stereocenters. The minimum absolute atomic E-state index is 0.130. The van der Waals surface area contributed by atoms with E-state index in [1.807, 2.05) is 11.2 Å². The van der Waals surface area contributed by atoms with Crippen LogP contribution in [0, 0.1) is 0 Å². The molecule has 0 radical (unpaired) electrons. The Balaban J connectivity index is 2.67. The zero-order chi connectivity index (χ0) is 15.1. The summed E-state index contributed by atoms with van der Waals surface area (Å²) in [5.74, 6) is -1.09. The smallest absolute Gasteiger partial charge is 0.326 e. The van der Waals surface area contributed by atoms with Crippen LogP contribution in [0.5, 0.6) is 0 Å². The van der Waals surface area contributed by atoms with E-state index in [-0.39, 0.29) is 12.1 Å². The molecule has 0 aliphatic rings. The lowest BCUT2D eigenvalue weighted by molar-refractivity contribution is -0.141. The van der Waals surface area contributed by atoms with Crippen LogP contribution in [0.1, 0.15) is 12.1 Å². The molecule has 8 nitrogen and oxygen atoms in total. The van der Waals surface area contributed by atoms with Crippen molar-refractivity contribution in [2.24, 2.45) is 0 Å². The summed E-state index contributed by atoms with van der Waals surface area (Å²) in [6, 6.07) is 0.0993. The van der Waals surface area contributed by atoms with Crippen molar-refractivity contribution in [3.63, 3.8) is 0 Å². The SMILES string of the molecule is CSCC[C@@H](NC(=O)Cc1cc(=O)[nH]c(=O)[nH]1)C(=O)O. The number of carboxylic acids is 1. The standard InChI is InChI=1S/C11H15N3O5S/c1-20-3-2-7(10(17)18)13-8(15)4-6-5-9(16)14-11(19)12-6/h5,7H,2-4H2,1H3,(H,13,15)(H,17,18)(H2,12,14,16,19)/t7-/m1/s1. The number of hydrogen-bond donors (Lipinski definition) is 4. The fourth-order valence-electron chi connectivity index (χ4n) is 1.53. The molecule has 1 aromatic rings. The van der Waals surface area contributed by atoms with Gasteiger partial charge >= 0.3 is 11.7 Å². The highest BCUT2D eigenvalue weighted by molar-refractivity contribution is 7.98. The van der Waals surface area contributed by atoms with Crippen molar-refractivity contribution in [2.75, 3.05) is 12.0 Å². The summed E-state index contributed by atoms with van der Waals surface area (Å²) in [5, 5.41) is 11.3. The Bertz CT molecular complexity index is 566. The highest BCUT2D eigenvalue weighted by atomic mass is 32.2. The molecular formula is C11H15N3O5S. The highest BCUT2D eigenvalue weighted by Gasteiger charge is 2.19. The van der Waals surface area contributed by atoms with Crippen LogP contribution < -0.4 is 16.6 Å². The average molecular weight is 301 g/mol. The summed E-state index contributed by atoms with van der Waals surface area (Å²) >= 11 is 1.47. The van der Waals surface area contributed by atoms with E-state index >= 15 is 0 Å². The lowest BCUT2D eigenvalue weighted by Crippen LogP contribution is -2.42. The minimum atomic E-state index is -1.12. The van der Waals surface area contributed by atoms with E-state index in [4.69, 9.17) is 5.11 Å². The maximum atomic E-state index is 11.7. The van der Waals surface area contributed by atoms with Gasteiger partial charge in [0.1, 0.15) is 6.04 Å². The summed E-state index contributed by atoms with van der Waals surface area (Å²) < 4.78 is 0. The first kappa shape index (κ1) is 16.0. The number of amides is 1. The molecule has 9 heteroatoms. The van der Waals surface area contributed by atoms with Crippen molar-refractivity contribution in [3.8, 4) is 0 Å². The highest BCUT2D eigenvalue weighted by Crippen LogP contribution is 2.01. The molecule has 0 aromatic carbocycles. The molecule has 0 aliphatic carbocycles. The van der Waals surface area contributed by atoms with Gasteiger partial charge in [0.05, 0.1) is 6.42 Å². The molecule has 1 amide bonds. The molecule has 1 heterocycles. The van der Waals surface area contributed by atoms with Crippen LogP contribution in [0.3, 0.4) is 0 Å². The van der Waals surface area contributed by atoms with Gasteiger partial charge in [-0.3, -0.25) is 14.6 Å². The molecule has 0 spiro atoms. The Labute approximate surface area is 118 Å². The summed E-state index contributed by atoms with van der Waals surface area (Å²) in [5.41, 5.74) is -1.20. The van der Waals surface area contributed by atoms with Gasteiger partial charge in [0.25, 0.3) is 5.56 Å². The number of carboxylic acid groups (broad SMARTS) is 1. The molecule has 20 heavy (non-hydrogen) atoms. The number of aromatic nitrogens is 2. The van der Waals surface area contributed by atoms with Gasteiger partial charge in [0.2, 0.25) is 5.91 Å². The molecule has 0 fully saturated rings. The van der Waals surface area contributed by atoms with Crippen LogP contribution in [0.25, 0.3) is 0 Å². The van der Waals surface area contributed by atoms with Crippen LogP contribution in [-0.4, -0.2) is 45.0 Å². The number of rotatable bonds is 7. The van der Waals surface area contributed by atoms with Crippen LogP contribution in [0.4, 0.5) is 0 Å². The van der Waals surface area contributed by atoms with Crippen molar-refractivity contribution in [1.29, 1.82) is 0 Å². The predicted molar refractivity (Wildman–Crippen MR) is 74.0 cm³/mol. The van der Waals surface area contributed by atoms with E-state index in [0.717, 1.165) is 6.07 Å². The van der Waals surface area contributed by atoms with Gasteiger partial charge in [0.15, 0.2) is 0 Å². The molecule has 0 unspecified atom stereocenters. The van der Waals surface area contributed by atoms with E-state index < -0.39 is 29.2 Å². The first-order chi connectivity index (χ1) is 9.42. The van der Waals surface area contributed by atoms with Crippen molar-refractivity contribution in [1.82, 2.24) is 15.3 Å². The molecule has 0 aliphatic heterocycles. The second-order valence-corrected chi connectivity index (χ2v) is 5.02. The number of H-pyrrole nitrogens is 2. The van der Waals surface area contributed by atoms with E-state index in [9.17, 15) is 19.2 Å². The van der Waals surface area contributed by atoms with E-state index in [1.165, 1.54) is 11.8 Å². The normalized spacial score (nSPS) is 11.8. The third kappa shape index (κ3) is 5.31. The fourth-order valence-corrected chi connectivity index (χ4v) is 2.00. The van der Waals surface area contributed by atoms with E-state index in [1.54, 1.807) is 0 Å². The zero-order valence-corrected chi connectivity index (χ0v) is 11.6. The van der Waals surface area contributed by atoms with Crippen molar-refractivity contribution in [2.45, 2.75) is 18.9 Å². The molecular weight excluding hydrogens is 286 g/mol. The van der Waals surface area contributed by atoms with Gasteiger partial charge < -0.3 is 15.4 Å². The maximum Gasteiger partial charge on any atom is 0.326 e. The number of thioether (sulfide) groups is 1. The number of hydrogen-bond acceptors (Lipinski definition) is 5. The monoisotopic (exact) mass is 301 g/mol. The maximum absolute atomic E-state index is 11.7. The number of aromatic amines is 2. The van der Waals surface area contributed by atoms with Crippen molar-refractivity contribution < 1.29 is 14.7 Å². The lowest BCUT2D eigenvalue weighted by Gasteiger charge is -2.13. The van der Waals surface area contributed by atoms with Gasteiger partial charge in [-0.2, -0.15) is 11.8 Å². The Hall–Kier alpha value is -2.03. The second kappa shape index (κ2) is 7.53. The average Bonchev–Trinajstić information content (AvgIpc) is 2.32. The van der Waals surface area contributed by atoms with Crippen molar-refractivity contribution >= 4 is 23.6 Å². The zero-order valence-electron chi connectivity index (χ0n) is 10.8.